The minimum Gasteiger partial charge on any atom is -0.497 e. The zero-order valence-electron chi connectivity index (χ0n) is 21.0. The molecule has 0 N–H and O–H groups in total. The summed E-state index contributed by atoms with van der Waals surface area (Å²) < 4.78 is 16.1. The molecule has 1 atom stereocenters. The number of hydrogen-bond donors (Lipinski definition) is 0. The van der Waals surface area contributed by atoms with E-state index in [0.717, 1.165) is 37.2 Å². The maximum absolute atomic E-state index is 13.2. The molecule has 1 unspecified atom stereocenters. The Balaban J connectivity index is 1.26. The second-order valence-electron chi connectivity index (χ2n) is 10.1. The number of likely N-dealkylation sites (tertiary alicyclic amines) is 1. The van der Waals surface area contributed by atoms with E-state index in [1.807, 2.05) is 49.9 Å². The van der Waals surface area contributed by atoms with Crippen LogP contribution in [0.4, 0.5) is 4.79 Å². The van der Waals surface area contributed by atoms with E-state index in [-0.39, 0.29) is 17.9 Å². The molecular formula is C25H35N5O5. The summed E-state index contributed by atoms with van der Waals surface area (Å²) in [6.07, 6.45) is 1.27. The smallest absolute Gasteiger partial charge is 0.410 e. The van der Waals surface area contributed by atoms with Crippen molar-refractivity contribution in [3.8, 4) is 17.1 Å². The standard InChI is InChI=1S/C25H35N5O5/c1-25(2,3)34-24(32)30-11-5-6-19(16-30)23(31)29-14-12-28(13-15-29)17-21-26-22(27-35-21)18-7-9-20(33-4)10-8-18/h7-10,19H,5-6,11-17H2,1-4H3. The van der Waals surface area contributed by atoms with Gasteiger partial charge in [0.15, 0.2) is 0 Å². The van der Waals surface area contributed by atoms with Crippen molar-refractivity contribution in [3.05, 3.63) is 30.2 Å². The van der Waals surface area contributed by atoms with Crippen LogP contribution in [0.3, 0.4) is 0 Å². The van der Waals surface area contributed by atoms with Crippen molar-refractivity contribution >= 4 is 12.0 Å². The average molecular weight is 486 g/mol. The van der Waals surface area contributed by atoms with Gasteiger partial charge >= 0.3 is 6.09 Å². The molecule has 2 amide bonds. The van der Waals surface area contributed by atoms with E-state index in [0.29, 0.717) is 44.4 Å². The molecule has 1 aromatic heterocycles. The molecule has 2 aliphatic heterocycles. The highest BCUT2D eigenvalue weighted by atomic mass is 16.6. The van der Waals surface area contributed by atoms with Gasteiger partial charge < -0.3 is 23.8 Å². The molecule has 1 aromatic carbocycles. The highest BCUT2D eigenvalue weighted by Gasteiger charge is 2.34. The number of amides is 2. The van der Waals surface area contributed by atoms with Gasteiger partial charge in [0, 0.05) is 44.8 Å². The maximum atomic E-state index is 13.2. The Bertz CT molecular complexity index is 1010. The number of benzene rings is 1. The zero-order valence-corrected chi connectivity index (χ0v) is 21.0. The van der Waals surface area contributed by atoms with Crippen LogP contribution in [0.15, 0.2) is 28.8 Å². The van der Waals surface area contributed by atoms with Gasteiger partial charge in [-0.2, -0.15) is 4.98 Å². The van der Waals surface area contributed by atoms with Gasteiger partial charge in [-0.05, 0) is 57.9 Å². The summed E-state index contributed by atoms with van der Waals surface area (Å²) in [6, 6.07) is 7.52. The lowest BCUT2D eigenvalue weighted by Gasteiger charge is -2.38. The molecule has 2 saturated heterocycles. The lowest BCUT2D eigenvalue weighted by atomic mass is 9.96. The van der Waals surface area contributed by atoms with Gasteiger partial charge in [0.25, 0.3) is 0 Å². The number of aromatic nitrogens is 2. The summed E-state index contributed by atoms with van der Waals surface area (Å²) in [5.41, 5.74) is 0.321. The van der Waals surface area contributed by atoms with Crippen molar-refractivity contribution in [2.24, 2.45) is 5.92 Å². The van der Waals surface area contributed by atoms with Gasteiger partial charge in [-0.15, -0.1) is 0 Å². The Morgan fingerprint density at radius 3 is 2.43 bits per heavy atom. The van der Waals surface area contributed by atoms with Gasteiger partial charge in [0.05, 0.1) is 19.6 Å². The van der Waals surface area contributed by atoms with Gasteiger partial charge in [-0.3, -0.25) is 9.69 Å². The first-order chi connectivity index (χ1) is 16.7. The van der Waals surface area contributed by atoms with Gasteiger partial charge in [-0.25, -0.2) is 4.79 Å². The Hall–Kier alpha value is -3.14. The highest BCUT2D eigenvalue weighted by Crippen LogP contribution is 2.23. The van der Waals surface area contributed by atoms with Crippen molar-refractivity contribution in [1.82, 2.24) is 24.8 Å². The number of methoxy groups -OCH3 is 1. The van der Waals surface area contributed by atoms with E-state index < -0.39 is 5.60 Å². The van der Waals surface area contributed by atoms with Gasteiger partial charge in [-0.1, -0.05) is 5.16 Å². The number of piperidine rings is 1. The number of rotatable bonds is 5. The quantitative estimate of drug-likeness (QED) is 0.637. The molecule has 0 bridgehead atoms. The Morgan fingerprint density at radius 2 is 1.77 bits per heavy atom. The maximum Gasteiger partial charge on any atom is 0.410 e. The van der Waals surface area contributed by atoms with E-state index in [9.17, 15) is 9.59 Å². The third-order valence-corrected chi connectivity index (χ3v) is 6.28. The van der Waals surface area contributed by atoms with Crippen molar-refractivity contribution in [3.63, 3.8) is 0 Å². The molecule has 10 heteroatoms. The number of nitrogens with zero attached hydrogens (tertiary/aromatic N) is 5. The fourth-order valence-corrected chi connectivity index (χ4v) is 4.42. The van der Waals surface area contributed by atoms with Crippen molar-refractivity contribution in [2.75, 3.05) is 46.4 Å². The summed E-state index contributed by atoms with van der Waals surface area (Å²) in [5, 5.41) is 4.09. The molecule has 0 radical (unpaired) electrons. The molecule has 0 saturated carbocycles. The second-order valence-corrected chi connectivity index (χ2v) is 10.1. The molecule has 2 aromatic rings. The molecule has 10 nitrogen and oxygen atoms in total. The van der Waals surface area contributed by atoms with E-state index >= 15 is 0 Å². The highest BCUT2D eigenvalue weighted by molar-refractivity contribution is 5.80. The first kappa shape index (κ1) is 25.0. The SMILES string of the molecule is COc1ccc(-c2noc(CN3CCN(C(=O)C4CCCN(C(=O)OC(C)(C)C)C4)CC3)n2)cc1. The van der Waals surface area contributed by atoms with E-state index in [1.54, 1.807) is 12.0 Å². The third-order valence-electron chi connectivity index (χ3n) is 6.28. The van der Waals surface area contributed by atoms with Crippen molar-refractivity contribution in [2.45, 2.75) is 45.8 Å². The van der Waals surface area contributed by atoms with Crippen LogP contribution in [0.5, 0.6) is 5.75 Å². The van der Waals surface area contributed by atoms with Crippen molar-refractivity contribution < 1.29 is 23.6 Å². The van der Waals surface area contributed by atoms with E-state index in [4.69, 9.17) is 14.0 Å². The summed E-state index contributed by atoms with van der Waals surface area (Å²) in [4.78, 5) is 35.9. The van der Waals surface area contributed by atoms with Crippen LogP contribution in [0.1, 0.15) is 39.5 Å². The molecule has 3 heterocycles. The molecule has 35 heavy (non-hydrogen) atoms. The van der Waals surface area contributed by atoms with Crippen LogP contribution in [0.25, 0.3) is 11.4 Å². The number of piperazine rings is 1. The normalized spacial score (nSPS) is 19.5. The second kappa shape index (κ2) is 10.6. The fourth-order valence-electron chi connectivity index (χ4n) is 4.42. The first-order valence-corrected chi connectivity index (χ1v) is 12.2. The van der Waals surface area contributed by atoms with Crippen LogP contribution in [-0.4, -0.2) is 88.8 Å². The monoisotopic (exact) mass is 485 g/mol. The number of hydrogen-bond acceptors (Lipinski definition) is 8. The van der Waals surface area contributed by atoms with E-state index in [2.05, 4.69) is 15.0 Å². The summed E-state index contributed by atoms with van der Waals surface area (Å²) >= 11 is 0. The summed E-state index contributed by atoms with van der Waals surface area (Å²) in [5.74, 6) is 1.82. The zero-order chi connectivity index (χ0) is 25.0. The predicted molar refractivity (Wildman–Crippen MR) is 129 cm³/mol. The molecule has 190 valence electrons. The van der Waals surface area contributed by atoms with E-state index in [1.165, 1.54) is 0 Å². The predicted octanol–water partition coefficient (Wildman–Crippen LogP) is 3.04. The first-order valence-electron chi connectivity index (χ1n) is 12.2. The van der Waals surface area contributed by atoms with Crippen LogP contribution in [-0.2, 0) is 16.1 Å². The van der Waals surface area contributed by atoms with Gasteiger partial charge in [0.2, 0.25) is 17.6 Å². The van der Waals surface area contributed by atoms with Crippen LogP contribution in [0, 0.1) is 5.92 Å². The lowest BCUT2D eigenvalue weighted by Crippen LogP contribution is -2.53. The van der Waals surface area contributed by atoms with Gasteiger partial charge in [0.1, 0.15) is 11.4 Å². The summed E-state index contributed by atoms with van der Waals surface area (Å²) in [7, 11) is 1.63. The molecule has 2 fully saturated rings. The topological polar surface area (TPSA) is 101 Å². The molecule has 0 aliphatic carbocycles. The Labute approximate surface area is 206 Å². The molecule has 2 aliphatic rings. The Kier molecular flexibility index (Phi) is 7.59. The largest absolute Gasteiger partial charge is 0.497 e. The van der Waals surface area contributed by atoms with Crippen LogP contribution >= 0.6 is 0 Å². The fraction of sp³-hybridized carbons (Fsp3) is 0.600. The van der Waals surface area contributed by atoms with Crippen LogP contribution < -0.4 is 4.74 Å². The number of ether oxygens (including phenoxy) is 2. The average Bonchev–Trinajstić information content (AvgIpc) is 3.31. The lowest BCUT2D eigenvalue weighted by molar-refractivity contribution is -0.139. The van der Waals surface area contributed by atoms with Crippen LogP contribution in [0.2, 0.25) is 0 Å². The minimum absolute atomic E-state index is 0.123. The van der Waals surface area contributed by atoms with Crippen molar-refractivity contribution in [1.29, 1.82) is 0 Å². The molecule has 0 spiro atoms. The minimum atomic E-state index is -0.544. The number of carbonyl (C=O) groups excluding carboxylic acids is 2. The molecule has 4 rings (SSSR count). The number of carbonyl (C=O) groups is 2. The molecular weight excluding hydrogens is 450 g/mol. The Morgan fingerprint density at radius 1 is 1.06 bits per heavy atom. The summed E-state index contributed by atoms with van der Waals surface area (Å²) in [6.45, 7) is 9.90. The third kappa shape index (κ3) is 6.50.